The third kappa shape index (κ3) is 2.96. The Hall–Kier alpha value is -0.130. The number of ether oxygens (including phenoxy) is 1. The fraction of sp³-hybridized carbons (Fsp3) is 1.00. The lowest BCUT2D eigenvalue weighted by Crippen LogP contribution is -2.41. The zero-order valence-electron chi connectivity index (χ0n) is 9.81. The van der Waals surface area contributed by atoms with Crippen molar-refractivity contribution in [3.8, 4) is 0 Å². The van der Waals surface area contributed by atoms with Crippen molar-refractivity contribution in [2.45, 2.75) is 37.0 Å². The molecule has 5 heteroatoms. The van der Waals surface area contributed by atoms with Gasteiger partial charge in [0, 0.05) is 19.7 Å². The van der Waals surface area contributed by atoms with Gasteiger partial charge in [-0.15, -0.1) is 0 Å². The minimum absolute atomic E-state index is 0.161. The summed E-state index contributed by atoms with van der Waals surface area (Å²) in [6.07, 6.45) is 4.14. The van der Waals surface area contributed by atoms with Crippen LogP contribution in [-0.2, 0) is 14.6 Å². The first kappa shape index (κ1) is 12.3. The number of rotatable bonds is 6. The molecule has 0 aromatic rings. The Morgan fingerprint density at radius 2 is 2.12 bits per heavy atom. The maximum Gasteiger partial charge on any atom is 0.154 e. The largest absolute Gasteiger partial charge is 0.383 e. The van der Waals surface area contributed by atoms with Crippen molar-refractivity contribution >= 4 is 9.84 Å². The van der Waals surface area contributed by atoms with Gasteiger partial charge in [-0.3, -0.25) is 0 Å². The van der Waals surface area contributed by atoms with Gasteiger partial charge in [0.15, 0.2) is 9.84 Å². The van der Waals surface area contributed by atoms with Crippen LogP contribution in [0.3, 0.4) is 0 Å². The summed E-state index contributed by atoms with van der Waals surface area (Å²) < 4.78 is 28.5. The van der Waals surface area contributed by atoms with Gasteiger partial charge < -0.3 is 10.1 Å². The van der Waals surface area contributed by atoms with Gasteiger partial charge in [-0.2, -0.15) is 0 Å². The van der Waals surface area contributed by atoms with Crippen molar-refractivity contribution in [3.05, 3.63) is 0 Å². The predicted octanol–water partition coefficient (Wildman–Crippen LogP) is 0.578. The Morgan fingerprint density at radius 1 is 1.38 bits per heavy atom. The molecule has 0 radical (unpaired) electrons. The molecule has 1 N–H and O–H groups in total. The highest BCUT2D eigenvalue weighted by atomic mass is 32.2. The summed E-state index contributed by atoms with van der Waals surface area (Å²) >= 11 is 0. The summed E-state index contributed by atoms with van der Waals surface area (Å²) in [5, 5.41) is 3.21. The monoisotopic (exact) mass is 247 g/mol. The van der Waals surface area contributed by atoms with Crippen LogP contribution in [0.2, 0.25) is 0 Å². The van der Waals surface area contributed by atoms with Crippen LogP contribution in [0.1, 0.15) is 25.7 Å². The molecule has 0 bridgehead atoms. The summed E-state index contributed by atoms with van der Waals surface area (Å²) in [5.41, 5.74) is 0. The van der Waals surface area contributed by atoms with Gasteiger partial charge in [0.05, 0.1) is 17.6 Å². The predicted molar refractivity (Wildman–Crippen MR) is 63.2 cm³/mol. The van der Waals surface area contributed by atoms with Crippen molar-refractivity contribution in [2.75, 3.05) is 26.0 Å². The van der Waals surface area contributed by atoms with Gasteiger partial charge in [0.25, 0.3) is 0 Å². The molecular weight excluding hydrogens is 226 g/mol. The van der Waals surface area contributed by atoms with Crippen molar-refractivity contribution in [1.29, 1.82) is 0 Å². The molecule has 16 heavy (non-hydrogen) atoms. The molecule has 1 aliphatic carbocycles. The van der Waals surface area contributed by atoms with E-state index < -0.39 is 9.84 Å². The van der Waals surface area contributed by atoms with Gasteiger partial charge in [0.2, 0.25) is 0 Å². The Morgan fingerprint density at radius 3 is 2.62 bits per heavy atom. The molecular formula is C11H21NO3S. The fourth-order valence-corrected chi connectivity index (χ4v) is 4.19. The molecule has 4 nitrogen and oxygen atoms in total. The number of sulfone groups is 1. The molecule has 0 aromatic heterocycles. The van der Waals surface area contributed by atoms with E-state index in [9.17, 15) is 8.42 Å². The molecule has 1 aliphatic heterocycles. The van der Waals surface area contributed by atoms with E-state index >= 15 is 0 Å². The van der Waals surface area contributed by atoms with Crippen LogP contribution in [0.15, 0.2) is 0 Å². The molecule has 2 aliphatic rings. The van der Waals surface area contributed by atoms with E-state index in [2.05, 4.69) is 5.32 Å². The van der Waals surface area contributed by atoms with Crippen LogP contribution in [0, 0.1) is 5.92 Å². The first-order valence-corrected chi connectivity index (χ1v) is 7.79. The Balaban J connectivity index is 1.81. The average Bonchev–Trinajstić information content (AvgIpc) is 2.99. The molecule has 2 fully saturated rings. The summed E-state index contributed by atoms with van der Waals surface area (Å²) in [4.78, 5) is 0. The van der Waals surface area contributed by atoms with Gasteiger partial charge in [0.1, 0.15) is 0 Å². The summed E-state index contributed by atoms with van der Waals surface area (Å²) in [6, 6.07) is 0.348. The summed E-state index contributed by atoms with van der Waals surface area (Å²) in [7, 11) is -1.11. The topological polar surface area (TPSA) is 55.4 Å². The van der Waals surface area contributed by atoms with Gasteiger partial charge in [-0.05, 0) is 31.6 Å². The van der Waals surface area contributed by atoms with E-state index in [0.717, 1.165) is 12.8 Å². The molecule has 1 heterocycles. The highest BCUT2D eigenvalue weighted by molar-refractivity contribution is 7.92. The van der Waals surface area contributed by atoms with Crippen LogP contribution in [-0.4, -0.2) is 45.7 Å². The quantitative estimate of drug-likeness (QED) is 0.746. The van der Waals surface area contributed by atoms with Gasteiger partial charge >= 0.3 is 0 Å². The lowest BCUT2D eigenvalue weighted by molar-refractivity contribution is 0.157. The molecule has 0 amide bonds. The fourth-order valence-electron chi connectivity index (χ4n) is 2.41. The molecule has 2 atom stereocenters. The Labute approximate surface area is 97.7 Å². The van der Waals surface area contributed by atoms with Crippen LogP contribution >= 0.6 is 0 Å². The molecule has 0 spiro atoms. The third-order valence-electron chi connectivity index (χ3n) is 3.61. The minimum atomic E-state index is -2.81. The average molecular weight is 247 g/mol. The molecule has 1 saturated carbocycles. The second-order valence-electron chi connectivity index (χ2n) is 4.94. The van der Waals surface area contributed by atoms with E-state index in [1.807, 2.05) is 0 Å². The lowest BCUT2D eigenvalue weighted by Gasteiger charge is -2.19. The van der Waals surface area contributed by atoms with Crippen LogP contribution in [0.4, 0.5) is 0 Å². The number of hydrogen-bond donors (Lipinski definition) is 1. The number of hydrogen-bond acceptors (Lipinski definition) is 4. The number of methoxy groups -OCH3 is 1. The SMILES string of the molecule is COCC(NCC1CCCS1(=O)=O)C1CC1. The molecule has 2 unspecified atom stereocenters. The zero-order valence-corrected chi connectivity index (χ0v) is 10.6. The normalized spacial score (nSPS) is 30.4. The van der Waals surface area contributed by atoms with Crippen molar-refractivity contribution in [1.82, 2.24) is 5.32 Å². The minimum Gasteiger partial charge on any atom is -0.383 e. The molecule has 0 aromatic carbocycles. The van der Waals surface area contributed by atoms with Crippen LogP contribution < -0.4 is 5.32 Å². The zero-order chi connectivity index (χ0) is 11.6. The molecule has 1 saturated heterocycles. The lowest BCUT2D eigenvalue weighted by atomic mass is 10.2. The van der Waals surface area contributed by atoms with Crippen molar-refractivity contribution < 1.29 is 13.2 Å². The van der Waals surface area contributed by atoms with E-state index in [0.29, 0.717) is 30.9 Å². The second kappa shape index (κ2) is 5.02. The maximum absolute atomic E-state index is 11.6. The maximum atomic E-state index is 11.6. The molecule has 2 rings (SSSR count). The van der Waals surface area contributed by atoms with Crippen molar-refractivity contribution in [2.24, 2.45) is 5.92 Å². The first-order chi connectivity index (χ1) is 7.63. The summed E-state index contributed by atoms with van der Waals surface area (Å²) in [6.45, 7) is 1.30. The number of nitrogens with one attached hydrogen (secondary N) is 1. The highest BCUT2D eigenvalue weighted by Crippen LogP contribution is 2.33. The van der Waals surface area contributed by atoms with Gasteiger partial charge in [-0.25, -0.2) is 8.42 Å². The van der Waals surface area contributed by atoms with E-state index in [4.69, 9.17) is 4.74 Å². The van der Waals surface area contributed by atoms with Crippen molar-refractivity contribution in [3.63, 3.8) is 0 Å². The van der Waals surface area contributed by atoms with E-state index in [-0.39, 0.29) is 5.25 Å². The standard InChI is InChI=1S/C11H21NO3S/c1-15-8-11(9-4-5-9)12-7-10-3-2-6-16(10,13)14/h9-12H,2-8H2,1H3. The second-order valence-corrected chi connectivity index (χ2v) is 7.34. The molecule has 94 valence electrons. The van der Waals surface area contributed by atoms with Crippen LogP contribution in [0.25, 0.3) is 0 Å². The van der Waals surface area contributed by atoms with E-state index in [1.54, 1.807) is 7.11 Å². The summed E-state index contributed by atoms with van der Waals surface area (Å²) in [5.74, 6) is 1.07. The smallest absolute Gasteiger partial charge is 0.154 e. The third-order valence-corrected chi connectivity index (χ3v) is 5.88. The van der Waals surface area contributed by atoms with E-state index in [1.165, 1.54) is 12.8 Å². The highest BCUT2D eigenvalue weighted by Gasteiger charge is 2.34. The van der Waals surface area contributed by atoms with Gasteiger partial charge in [-0.1, -0.05) is 0 Å². The van der Waals surface area contributed by atoms with Crippen LogP contribution in [0.5, 0.6) is 0 Å². The Kier molecular flexibility index (Phi) is 3.87. The Bertz CT molecular complexity index is 324. The first-order valence-electron chi connectivity index (χ1n) is 6.07.